The summed E-state index contributed by atoms with van der Waals surface area (Å²) in [6, 6.07) is 12.8. The van der Waals surface area contributed by atoms with Crippen LogP contribution in [0.4, 0.5) is 18.9 Å². The number of hydrogen-bond donors (Lipinski definition) is 0. The first-order valence-electron chi connectivity index (χ1n) is 11.0. The summed E-state index contributed by atoms with van der Waals surface area (Å²) in [5.74, 6) is -2.81. The van der Waals surface area contributed by atoms with Gasteiger partial charge in [0.15, 0.2) is 5.41 Å². The standard InChI is InChI=1S/C25H24F3NO4/c1-23(2)32-21(30)24(22(31)33-23)14-17-12-18(25(26,27)28)8-9-19(17)29-11-10-16(13-20(24)29)15-6-4-3-5-7-15/h3-9,12,16,20H,10-11,13-14H2,1-2H3/t16-,20+/m0/s1. The minimum atomic E-state index is -4.53. The Hall–Kier alpha value is -3.03. The molecule has 0 radical (unpaired) electrons. The number of hydrogen-bond acceptors (Lipinski definition) is 5. The molecule has 8 heteroatoms. The van der Waals surface area contributed by atoms with Crippen LogP contribution in [0.2, 0.25) is 0 Å². The summed E-state index contributed by atoms with van der Waals surface area (Å²) >= 11 is 0. The van der Waals surface area contributed by atoms with E-state index in [1.807, 2.05) is 35.2 Å². The van der Waals surface area contributed by atoms with E-state index in [0.29, 0.717) is 24.2 Å². The van der Waals surface area contributed by atoms with Crippen LogP contribution >= 0.6 is 0 Å². The van der Waals surface area contributed by atoms with E-state index in [-0.39, 0.29) is 12.3 Å². The van der Waals surface area contributed by atoms with Gasteiger partial charge in [-0.25, -0.2) is 0 Å². The highest BCUT2D eigenvalue weighted by Crippen LogP contribution is 2.52. The second-order valence-electron chi connectivity index (χ2n) is 9.51. The van der Waals surface area contributed by atoms with E-state index in [9.17, 15) is 22.8 Å². The van der Waals surface area contributed by atoms with Crippen molar-refractivity contribution >= 4 is 17.6 Å². The molecule has 5 rings (SSSR count). The number of carbonyl (C=O) groups excluding carboxylic acids is 2. The Morgan fingerprint density at radius 1 is 1.00 bits per heavy atom. The molecule has 0 N–H and O–H groups in total. The smallest absolute Gasteiger partial charge is 0.416 e. The highest BCUT2D eigenvalue weighted by molar-refractivity contribution is 6.04. The van der Waals surface area contributed by atoms with Crippen molar-refractivity contribution < 1.29 is 32.2 Å². The van der Waals surface area contributed by atoms with Crippen molar-refractivity contribution in [3.05, 3.63) is 65.2 Å². The molecule has 1 spiro atoms. The minimum absolute atomic E-state index is 0.0934. The van der Waals surface area contributed by atoms with Crippen LogP contribution in [0.25, 0.3) is 0 Å². The third-order valence-electron chi connectivity index (χ3n) is 7.03. The van der Waals surface area contributed by atoms with Gasteiger partial charge in [-0.2, -0.15) is 13.2 Å². The molecule has 5 nitrogen and oxygen atoms in total. The summed E-state index contributed by atoms with van der Waals surface area (Å²) in [5, 5.41) is 0. The summed E-state index contributed by atoms with van der Waals surface area (Å²) < 4.78 is 51.3. The Balaban J connectivity index is 1.62. The zero-order valence-electron chi connectivity index (χ0n) is 18.3. The molecule has 0 bridgehead atoms. The number of carbonyl (C=O) groups is 2. The van der Waals surface area contributed by atoms with Crippen molar-refractivity contribution in [2.45, 2.75) is 57.0 Å². The Kier molecular flexibility index (Phi) is 4.78. The molecule has 174 valence electrons. The number of fused-ring (bicyclic) bond motifs is 4. The predicted molar refractivity (Wildman–Crippen MR) is 113 cm³/mol. The van der Waals surface area contributed by atoms with Crippen LogP contribution in [0.1, 0.15) is 49.3 Å². The SMILES string of the molecule is CC1(C)OC(=O)C2(Cc3cc(C(F)(F)F)ccc3N3CC[C@H](c4ccccc4)C[C@@H]32)C(=O)O1. The number of nitrogens with zero attached hydrogens (tertiary/aromatic N) is 1. The van der Waals surface area contributed by atoms with Gasteiger partial charge in [-0.05, 0) is 48.1 Å². The molecule has 0 amide bonds. The Labute approximate surface area is 189 Å². The van der Waals surface area contributed by atoms with E-state index in [1.165, 1.54) is 19.9 Å². The molecule has 0 unspecified atom stereocenters. The summed E-state index contributed by atoms with van der Waals surface area (Å²) in [6.45, 7) is 3.44. The number of alkyl halides is 3. The number of benzene rings is 2. The van der Waals surface area contributed by atoms with E-state index in [2.05, 4.69) is 0 Å². The Bertz CT molecular complexity index is 1090. The summed E-state index contributed by atoms with van der Waals surface area (Å²) in [7, 11) is 0. The lowest BCUT2D eigenvalue weighted by molar-refractivity contribution is -0.253. The van der Waals surface area contributed by atoms with E-state index < -0.39 is 40.9 Å². The average Bonchev–Trinajstić information content (AvgIpc) is 2.76. The highest BCUT2D eigenvalue weighted by atomic mass is 19.4. The fourth-order valence-electron chi connectivity index (χ4n) is 5.50. The van der Waals surface area contributed by atoms with Gasteiger partial charge in [-0.3, -0.25) is 9.59 Å². The molecule has 2 aromatic carbocycles. The molecule has 3 heterocycles. The topological polar surface area (TPSA) is 55.8 Å². The molecule has 0 saturated carbocycles. The van der Waals surface area contributed by atoms with Crippen molar-refractivity contribution in [3.8, 4) is 0 Å². The van der Waals surface area contributed by atoms with Gasteiger partial charge < -0.3 is 14.4 Å². The number of piperidine rings is 1. The number of cyclic esters (lactones) is 2. The molecular formula is C25H24F3NO4. The van der Waals surface area contributed by atoms with Crippen LogP contribution < -0.4 is 4.90 Å². The molecule has 3 aliphatic rings. The number of halogens is 3. The van der Waals surface area contributed by atoms with Gasteiger partial charge in [-0.15, -0.1) is 0 Å². The van der Waals surface area contributed by atoms with Crippen LogP contribution in [-0.4, -0.2) is 30.3 Å². The molecule has 2 atom stereocenters. The number of rotatable bonds is 1. The zero-order chi connectivity index (χ0) is 23.6. The number of esters is 2. The lowest BCUT2D eigenvalue weighted by atomic mass is 9.65. The molecule has 2 aromatic rings. The summed E-state index contributed by atoms with van der Waals surface area (Å²) in [6.07, 6.45) is -3.50. The Morgan fingerprint density at radius 2 is 1.67 bits per heavy atom. The van der Waals surface area contributed by atoms with Gasteiger partial charge >= 0.3 is 18.1 Å². The lowest BCUT2D eigenvalue weighted by Gasteiger charge is -2.54. The summed E-state index contributed by atoms with van der Waals surface area (Å²) in [4.78, 5) is 28.7. The van der Waals surface area contributed by atoms with Crippen LogP contribution in [0.3, 0.4) is 0 Å². The van der Waals surface area contributed by atoms with E-state index in [1.54, 1.807) is 0 Å². The van der Waals surface area contributed by atoms with Gasteiger partial charge in [0, 0.05) is 32.5 Å². The van der Waals surface area contributed by atoms with E-state index >= 15 is 0 Å². The molecular weight excluding hydrogens is 435 g/mol. The second-order valence-corrected chi connectivity index (χ2v) is 9.51. The summed E-state index contributed by atoms with van der Waals surface area (Å²) in [5.41, 5.74) is -0.515. The van der Waals surface area contributed by atoms with Gasteiger partial charge in [0.2, 0.25) is 0 Å². The van der Waals surface area contributed by atoms with Gasteiger partial charge in [-0.1, -0.05) is 30.3 Å². The molecule has 33 heavy (non-hydrogen) atoms. The lowest BCUT2D eigenvalue weighted by Crippen LogP contribution is -2.67. The minimum Gasteiger partial charge on any atom is -0.422 e. The van der Waals surface area contributed by atoms with Crippen LogP contribution in [0.5, 0.6) is 0 Å². The monoisotopic (exact) mass is 459 g/mol. The number of anilines is 1. The average molecular weight is 459 g/mol. The first-order chi connectivity index (χ1) is 15.5. The normalized spacial score (nSPS) is 25.7. The van der Waals surface area contributed by atoms with E-state index in [4.69, 9.17) is 9.47 Å². The van der Waals surface area contributed by atoms with Gasteiger partial charge in [0.05, 0.1) is 11.6 Å². The zero-order valence-corrected chi connectivity index (χ0v) is 18.3. The maximum absolute atomic E-state index is 13.4. The van der Waals surface area contributed by atoms with Crippen molar-refractivity contribution in [1.29, 1.82) is 0 Å². The molecule has 3 aliphatic heterocycles. The first kappa shape index (κ1) is 21.8. The van der Waals surface area contributed by atoms with Gasteiger partial charge in [0.25, 0.3) is 5.79 Å². The maximum atomic E-state index is 13.4. The highest BCUT2D eigenvalue weighted by Gasteiger charge is 2.64. The first-order valence-corrected chi connectivity index (χ1v) is 11.0. The third-order valence-corrected chi connectivity index (χ3v) is 7.03. The Morgan fingerprint density at radius 3 is 2.30 bits per heavy atom. The molecule has 0 aliphatic carbocycles. The van der Waals surface area contributed by atoms with Crippen molar-refractivity contribution in [2.75, 3.05) is 11.4 Å². The second kappa shape index (κ2) is 7.23. The van der Waals surface area contributed by atoms with Crippen molar-refractivity contribution in [1.82, 2.24) is 0 Å². The quantitative estimate of drug-likeness (QED) is 0.451. The largest absolute Gasteiger partial charge is 0.422 e. The van der Waals surface area contributed by atoms with Crippen LogP contribution in [-0.2, 0) is 31.7 Å². The predicted octanol–water partition coefficient (Wildman–Crippen LogP) is 4.84. The van der Waals surface area contributed by atoms with Crippen molar-refractivity contribution in [3.63, 3.8) is 0 Å². The fraction of sp³-hybridized carbons (Fsp3) is 0.440. The molecule has 2 fully saturated rings. The van der Waals surface area contributed by atoms with Crippen LogP contribution in [0, 0.1) is 5.41 Å². The third kappa shape index (κ3) is 3.47. The van der Waals surface area contributed by atoms with Crippen molar-refractivity contribution in [2.24, 2.45) is 5.41 Å². The van der Waals surface area contributed by atoms with Crippen LogP contribution in [0.15, 0.2) is 48.5 Å². The maximum Gasteiger partial charge on any atom is 0.416 e. The van der Waals surface area contributed by atoms with Gasteiger partial charge in [0.1, 0.15) is 0 Å². The molecule has 2 saturated heterocycles. The number of ether oxygens (including phenoxy) is 2. The van der Waals surface area contributed by atoms with E-state index in [0.717, 1.165) is 24.1 Å². The molecule has 0 aromatic heterocycles. The fourth-order valence-corrected chi connectivity index (χ4v) is 5.50.